The number of halogens is 1. The smallest absolute Gasteiger partial charge is 0.154 e. The molecule has 0 aliphatic heterocycles. The fraction of sp³-hybridized carbons (Fsp3) is 0.300. The number of carbonyl (C=O) groups excluding carboxylic acids is 1. The Balaban J connectivity index is 1.88. The quantitative estimate of drug-likeness (QED) is 0.745. The maximum atomic E-state index is 14.2. The predicted molar refractivity (Wildman–Crippen MR) is 91.6 cm³/mol. The number of carbonyl (C=O) groups is 1. The van der Waals surface area contributed by atoms with Crippen LogP contribution in [0.1, 0.15) is 47.2 Å². The van der Waals surface area contributed by atoms with Crippen LogP contribution in [-0.4, -0.2) is 17.9 Å². The fourth-order valence-electron chi connectivity index (χ4n) is 3.14. The van der Waals surface area contributed by atoms with Crippen LogP contribution < -0.4 is 4.74 Å². The van der Waals surface area contributed by atoms with Gasteiger partial charge in [-0.1, -0.05) is 18.2 Å². The van der Waals surface area contributed by atoms with Gasteiger partial charge in [-0.3, -0.25) is 9.78 Å². The molecule has 124 valence electrons. The van der Waals surface area contributed by atoms with Crippen molar-refractivity contribution < 1.29 is 13.9 Å². The Morgan fingerprint density at radius 2 is 2.00 bits per heavy atom. The zero-order chi connectivity index (χ0) is 16.9. The second kappa shape index (κ2) is 7.39. The van der Waals surface area contributed by atoms with Gasteiger partial charge in [0.2, 0.25) is 0 Å². The van der Waals surface area contributed by atoms with Crippen LogP contribution in [0.25, 0.3) is 5.57 Å². The zero-order valence-electron chi connectivity index (χ0n) is 13.7. The molecular formula is C20H20FNO2. The van der Waals surface area contributed by atoms with Gasteiger partial charge in [0, 0.05) is 11.8 Å². The summed E-state index contributed by atoms with van der Waals surface area (Å²) in [7, 11) is 0. The largest absolute Gasteiger partial charge is 0.487 e. The van der Waals surface area contributed by atoms with Crippen LogP contribution >= 0.6 is 0 Å². The summed E-state index contributed by atoms with van der Waals surface area (Å²) in [5, 5.41) is 0. The molecule has 1 aliphatic carbocycles. The third-order valence-corrected chi connectivity index (χ3v) is 4.45. The molecule has 1 aliphatic rings. The summed E-state index contributed by atoms with van der Waals surface area (Å²) < 4.78 is 20.0. The van der Waals surface area contributed by atoms with Crippen LogP contribution in [0.4, 0.5) is 4.39 Å². The lowest BCUT2D eigenvalue weighted by atomic mass is 9.87. The predicted octanol–water partition coefficient (Wildman–Crippen LogP) is 4.75. The molecule has 0 bridgehead atoms. The normalized spacial score (nSPS) is 14.6. The van der Waals surface area contributed by atoms with E-state index in [1.807, 2.05) is 19.1 Å². The maximum absolute atomic E-state index is 14.2. The molecule has 0 spiro atoms. The highest BCUT2D eigenvalue weighted by Gasteiger charge is 2.18. The van der Waals surface area contributed by atoms with Crippen molar-refractivity contribution in [1.29, 1.82) is 0 Å². The van der Waals surface area contributed by atoms with Crippen molar-refractivity contribution in [3.05, 3.63) is 64.7 Å². The van der Waals surface area contributed by atoms with Gasteiger partial charge in [-0.2, -0.15) is 0 Å². The van der Waals surface area contributed by atoms with Gasteiger partial charge in [-0.25, -0.2) is 4.39 Å². The third kappa shape index (κ3) is 3.37. The minimum absolute atomic E-state index is 0.197. The number of hydrogen-bond donors (Lipinski definition) is 0. The molecule has 4 heteroatoms. The number of hydrogen-bond acceptors (Lipinski definition) is 3. The minimum atomic E-state index is -0.197. The highest BCUT2D eigenvalue weighted by atomic mass is 19.1. The number of rotatable bonds is 5. The number of pyridine rings is 1. The van der Waals surface area contributed by atoms with Gasteiger partial charge in [0.05, 0.1) is 11.8 Å². The van der Waals surface area contributed by atoms with E-state index in [0.717, 1.165) is 48.7 Å². The van der Waals surface area contributed by atoms with Crippen LogP contribution in [0.15, 0.2) is 42.2 Å². The van der Waals surface area contributed by atoms with E-state index in [1.54, 1.807) is 18.5 Å². The van der Waals surface area contributed by atoms with E-state index in [-0.39, 0.29) is 5.82 Å². The second-order valence-electron chi connectivity index (χ2n) is 6.04. The van der Waals surface area contributed by atoms with E-state index in [4.69, 9.17) is 4.74 Å². The molecule has 1 heterocycles. The first-order chi connectivity index (χ1) is 11.7. The molecule has 0 amide bonds. The Hall–Kier alpha value is -2.49. The first-order valence-electron chi connectivity index (χ1n) is 8.19. The molecule has 0 unspecified atom stereocenters. The van der Waals surface area contributed by atoms with Gasteiger partial charge in [0.25, 0.3) is 0 Å². The highest BCUT2D eigenvalue weighted by Crippen LogP contribution is 2.34. The molecule has 24 heavy (non-hydrogen) atoms. The van der Waals surface area contributed by atoms with Crippen molar-refractivity contribution in [3.63, 3.8) is 0 Å². The molecule has 0 saturated carbocycles. The van der Waals surface area contributed by atoms with Crippen molar-refractivity contribution in [1.82, 2.24) is 4.98 Å². The molecule has 0 N–H and O–H groups in total. The Labute approximate surface area is 141 Å². The summed E-state index contributed by atoms with van der Waals surface area (Å²) in [4.78, 5) is 15.3. The lowest BCUT2D eigenvalue weighted by Gasteiger charge is -2.22. The molecule has 3 nitrogen and oxygen atoms in total. The Morgan fingerprint density at radius 1 is 1.21 bits per heavy atom. The number of benzene rings is 1. The summed E-state index contributed by atoms with van der Waals surface area (Å²) in [6.45, 7) is 2.18. The Bertz CT molecular complexity index is 783. The summed E-state index contributed by atoms with van der Waals surface area (Å²) in [5.74, 6) is 0.286. The van der Waals surface area contributed by atoms with E-state index in [9.17, 15) is 9.18 Å². The number of ether oxygens (including phenoxy) is 1. The van der Waals surface area contributed by atoms with Gasteiger partial charge < -0.3 is 4.74 Å². The highest BCUT2D eigenvalue weighted by molar-refractivity contribution is 5.81. The molecular weight excluding hydrogens is 305 g/mol. The first-order valence-corrected chi connectivity index (χ1v) is 8.19. The lowest BCUT2D eigenvalue weighted by Crippen LogP contribution is -2.10. The van der Waals surface area contributed by atoms with Gasteiger partial charge in [-0.05, 0) is 55.4 Å². The molecule has 1 aromatic heterocycles. The summed E-state index contributed by atoms with van der Waals surface area (Å²) in [6, 6.07) is 6.87. The average molecular weight is 325 g/mol. The first kappa shape index (κ1) is 16.4. The molecule has 3 rings (SSSR count). The number of aromatic nitrogens is 1. The SMILES string of the molecule is Cc1cncc(OCC2=C(c3ccccc3F)CCCC2)c1C=O. The lowest BCUT2D eigenvalue weighted by molar-refractivity contribution is 0.111. The number of aryl methyl sites for hydroxylation is 1. The summed E-state index contributed by atoms with van der Waals surface area (Å²) in [5.41, 5.74) is 4.11. The van der Waals surface area contributed by atoms with Crippen LogP contribution in [0, 0.1) is 12.7 Å². The van der Waals surface area contributed by atoms with Crippen LogP contribution in [-0.2, 0) is 0 Å². The van der Waals surface area contributed by atoms with Crippen molar-refractivity contribution in [2.75, 3.05) is 6.61 Å². The molecule has 0 saturated heterocycles. The molecule has 0 fully saturated rings. The van der Waals surface area contributed by atoms with E-state index >= 15 is 0 Å². The van der Waals surface area contributed by atoms with Crippen molar-refractivity contribution in [2.45, 2.75) is 32.6 Å². The number of aldehydes is 1. The number of allylic oxidation sites excluding steroid dienone is 1. The molecule has 0 radical (unpaired) electrons. The van der Waals surface area contributed by atoms with Gasteiger partial charge in [-0.15, -0.1) is 0 Å². The van der Waals surface area contributed by atoms with E-state index < -0.39 is 0 Å². The monoisotopic (exact) mass is 325 g/mol. The van der Waals surface area contributed by atoms with Crippen LogP contribution in [0.2, 0.25) is 0 Å². The standard InChI is InChI=1S/C20H20FNO2/c1-14-10-22-11-20(18(14)12-23)24-13-15-6-2-3-7-16(15)17-8-4-5-9-19(17)21/h4-5,8-12H,2-3,6-7,13H2,1H3. The Kier molecular flexibility index (Phi) is 5.04. The second-order valence-corrected chi connectivity index (χ2v) is 6.04. The van der Waals surface area contributed by atoms with Crippen LogP contribution in [0.3, 0.4) is 0 Å². The van der Waals surface area contributed by atoms with Crippen LogP contribution in [0.5, 0.6) is 5.75 Å². The van der Waals surface area contributed by atoms with Crippen molar-refractivity contribution in [2.24, 2.45) is 0 Å². The van der Waals surface area contributed by atoms with Gasteiger partial charge in [0.1, 0.15) is 18.2 Å². The molecule has 1 aromatic carbocycles. The van der Waals surface area contributed by atoms with E-state index in [0.29, 0.717) is 23.5 Å². The van der Waals surface area contributed by atoms with E-state index in [1.165, 1.54) is 6.07 Å². The van der Waals surface area contributed by atoms with Crippen molar-refractivity contribution >= 4 is 11.9 Å². The fourth-order valence-corrected chi connectivity index (χ4v) is 3.14. The molecule has 2 aromatic rings. The van der Waals surface area contributed by atoms with E-state index in [2.05, 4.69) is 4.98 Å². The topological polar surface area (TPSA) is 39.2 Å². The summed E-state index contributed by atoms with van der Waals surface area (Å²) in [6.07, 6.45) is 7.86. The molecule has 0 atom stereocenters. The average Bonchev–Trinajstić information content (AvgIpc) is 2.61. The third-order valence-electron chi connectivity index (χ3n) is 4.45. The minimum Gasteiger partial charge on any atom is -0.487 e. The number of nitrogens with zero attached hydrogens (tertiary/aromatic N) is 1. The zero-order valence-corrected chi connectivity index (χ0v) is 13.7. The van der Waals surface area contributed by atoms with Gasteiger partial charge >= 0.3 is 0 Å². The Morgan fingerprint density at radius 3 is 2.79 bits per heavy atom. The van der Waals surface area contributed by atoms with Crippen molar-refractivity contribution in [3.8, 4) is 5.75 Å². The van der Waals surface area contributed by atoms with Gasteiger partial charge in [0.15, 0.2) is 6.29 Å². The maximum Gasteiger partial charge on any atom is 0.154 e. The summed E-state index contributed by atoms with van der Waals surface area (Å²) >= 11 is 0.